The molecule has 1 atom stereocenters. The van der Waals surface area contributed by atoms with E-state index < -0.39 is 29.6 Å². The van der Waals surface area contributed by atoms with Crippen LogP contribution in [0.2, 0.25) is 5.02 Å². The lowest BCUT2D eigenvalue weighted by Gasteiger charge is -2.19. The highest BCUT2D eigenvalue weighted by molar-refractivity contribution is 6.31. The normalized spacial score (nSPS) is 12.4. The third kappa shape index (κ3) is 5.99. The van der Waals surface area contributed by atoms with Gasteiger partial charge in [-0.3, -0.25) is 19.1 Å². The third-order valence-corrected chi connectivity index (χ3v) is 7.35. The Labute approximate surface area is 261 Å². The van der Waals surface area contributed by atoms with Gasteiger partial charge in [0.1, 0.15) is 12.0 Å². The number of hydrogen-bond acceptors (Lipinski definition) is 8. The molecule has 234 valence electrons. The summed E-state index contributed by atoms with van der Waals surface area (Å²) >= 11 is 6.08. The zero-order valence-electron chi connectivity index (χ0n) is 23.3. The molecule has 18 heteroatoms. The van der Waals surface area contributed by atoms with E-state index in [4.69, 9.17) is 17.3 Å². The van der Waals surface area contributed by atoms with Crippen molar-refractivity contribution in [3.8, 4) is 27.9 Å². The highest BCUT2D eigenvalue weighted by Gasteiger charge is 2.33. The molecule has 46 heavy (non-hydrogen) atoms. The zero-order valence-corrected chi connectivity index (χ0v) is 24.0. The Bertz CT molecular complexity index is 2040. The Morgan fingerprint density at radius 2 is 1.89 bits per heavy atom. The molecule has 1 aromatic carbocycles. The topological polar surface area (TPSA) is 162 Å². The van der Waals surface area contributed by atoms with E-state index in [0.717, 1.165) is 18.5 Å². The van der Waals surface area contributed by atoms with Crippen molar-refractivity contribution >= 4 is 17.5 Å². The van der Waals surface area contributed by atoms with Gasteiger partial charge in [-0.1, -0.05) is 11.6 Å². The molecule has 2 N–H and O–H groups in total. The average molecular weight is 654 g/mol. The number of carbonyl (C=O) groups is 1. The first kappa shape index (κ1) is 30.3. The fourth-order valence-corrected chi connectivity index (χ4v) is 5.09. The molecule has 5 heterocycles. The maximum absolute atomic E-state index is 15.4. The van der Waals surface area contributed by atoms with E-state index >= 15 is 4.39 Å². The average Bonchev–Trinajstić information content (AvgIpc) is 3.80. The molecule has 0 fully saturated rings. The number of alkyl halides is 3. The van der Waals surface area contributed by atoms with Crippen molar-refractivity contribution < 1.29 is 27.1 Å². The lowest BCUT2D eigenvalue weighted by molar-refractivity contribution is -0.615. The first-order chi connectivity index (χ1) is 22.0. The van der Waals surface area contributed by atoms with Gasteiger partial charge in [0.25, 0.3) is 0 Å². The first-order valence-electron chi connectivity index (χ1n) is 13.3. The Hall–Kier alpha value is -5.71. The summed E-state index contributed by atoms with van der Waals surface area (Å²) in [5.41, 5.74) is 5.71. The van der Waals surface area contributed by atoms with Gasteiger partial charge in [0, 0.05) is 35.9 Å². The van der Waals surface area contributed by atoms with Gasteiger partial charge in [-0.15, -0.1) is 5.10 Å². The minimum absolute atomic E-state index is 0.0378. The van der Waals surface area contributed by atoms with Crippen LogP contribution >= 0.6 is 11.6 Å². The van der Waals surface area contributed by atoms with Crippen molar-refractivity contribution in [1.29, 1.82) is 0 Å². The number of aromatic nitrogens is 10. The van der Waals surface area contributed by atoms with Crippen molar-refractivity contribution in [3.63, 3.8) is 0 Å². The smallest absolute Gasteiger partial charge is 0.433 e. The number of halogens is 5. The van der Waals surface area contributed by atoms with Crippen LogP contribution in [0.25, 0.3) is 27.9 Å². The molecule has 0 saturated heterocycles. The van der Waals surface area contributed by atoms with Gasteiger partial charge in [0.05, 0.1) is 41.0 Å². The third-order valence-electron chi connectivity index (χ3n) is 7.05. The lowest BCUT2D eigenvalue weighted by atomic mass is 10.0. The monoisotopic (exact) mass is 653 g/mol. The number of amides is 1. The predicted octanol–water partition coefficient (Wildman–Crippen LogP) is 3.55. The molecule has 0 radical (unpaired) electrons. The van der Waals surface area contributed by atoms with E-state index in [-0.39, 0.29) is 46.1 Å². The fraction of sp³-hybridized carbons (Fsp3) is 0.143. The maximum Gasteiger partial charge on any atom is 0.433 e. The van der Waals surface area contributed by atoms with E-state index in [9.17, 15) is 23.2 Å². The Kier molecular flexibility index (Phi) is 7.91. The van der Waals surface area contributed by atoms with E-state index in [0.29, 0.717) is 16.0 Å². The number of nitrogens with two attached hydrogens (primary N) is 1. The van der Waals surface area contributed by atoms with Gasteiger partial charge in [-0.2, -0.15) is 32.8 Å². The molecule has 0 bridgehead atoms. The van der Waals surface area contributed by atoms with Gasteiger partial charge in [0.15, 0.2) is 18.1 Å². The minimum Gasteiger partial charge on any atom is -0.618 e. The standard InChI is InChI=1S/C28H20ClF4N11O2/c29-20-2-4-22(43-15-36-39-40-43)26(27(20)30)17-1-3-21(44(46)13-17)23(14-41-19(6-8-37-41)10-25(34)45)42-12-18(11-38-42)16-5-7-35-24(9-16)28(31,32)33/h1-9,11-13,15,23H,10,14H2,(H2,34,45). The Balaban J connectivity index is 1.44. The van der Waals surface area contributed by atoms with Crippen LogP contribution in [0.15, 0.2) is 79.8 Å². The van der Waals surface area contributed by atoms with Gasteiger partial charge in [-0.05, 0) is 52.4 Å². The predicted molar refractivity (Wildman–Crippen MR) is 152 cm³/mol. The number of rotatable bonds is 9. The fourth-order valence-electron chi connectivity index (χ4n) is 4.93. The maximum atomic E-state index is 15.4. The largest absolute Gasteiger partial charge is 0.618 e. The summed E-state index contributed by atoms with van der Waals surface area (Å²) in [5, 5.41) is 33.1. The van der Waals surface area contributed by atoms with Gasteiger partial charge in [0.2, 0.25) is 11.6 Å². The van der Waals surface area contributed by atoms with Crippen LogP contribution < -0.4 is 10.5 Å². The SMILES string of the molecule is NC(=O)Cc1ccnn1CC(c1ccc(-c2c(-n3cnnn3)ccc(Cl)c2F)c[n+]1[O-])n1cc(-c2ccnc(C(F)(F)F)c2)cn1. The van der Waals surface area contributed by atoms with E-state index in [2.05, 4.69) is 30.7 Å². The summed E-state index contributed by atoms with van der Waals surface area (Å²) in [6.45, 7) is -0.0378. The Morgan fingerprint density at radius 3 is 2.61 bits per heavy atom. The number of pyridine rings is 2. The summed E-state index contributed by atoms with van der Waals surface area (Å²) in [4.78, 5) is 15.1. The Morgan fingerprint density at radius 1 is 1.07 bits per heavy atom. The summed E-state index contributed by atoms with van der Waals surface area (Å²) in [6.07, 6.45) is 2.90. The summed E-state index contributed by atoms with van der Waals surface area (Å²) in [7, 11) is 0. The highest BCUT2D eigenvalue weighted by Crippen LogP contribution is 2.34. The number of hydrogen-bond donors (Lipinski definition) is 1. The van der Waals surface area contributed by atoms with Crippen LogP contribution in [0, 0.1) is 11.0 Å². The van der Waals surface area contributed by atoms with Crippen LogP contribution in [-0.2, 0) is 23.9 Å². The quantitative estimate of drug-likeness (QED) is 0.141. The first-order valence-corrected chi connectivity index (χ1v) is 13.7. The lowest BCUT2D eigenvalue weighted by Crippen LogP contribution is -2.37. The molecule has 13 nitrogen and oxygen atoms in total. The summed E-state index contributed by atoms with van der Waals surface area (Å²) in [5.74, 6) is -1.41. The van der Waals surface area contributed by atoms with E-state index in [1.807, 2.05) is 0 Å². The molecule has 1 amide bonds. The molecule has 0 saturated carbocycles. The summed E-state index contributed by atoms with van der Waals surface area (Å²) in [6, 6.07) is 8.72. The van der Waals surface area contributed by atoms with Gasteiger partial charge < -0.3 is 10.9 Å². The molecule has 5 aromatic heterocycles. The van der Waals surface area contributed by atoms with Crippen LogP contribution in [0.4, 0.5) is 17.6 Å². The second-order valence-corrected chi connectivity index (χ2v) is 10.4. The molecular weight excluding hydrogens is 634 g/mol. The molecule has 0 aliphatic rings. The molecule has 6 aromatic rings. The number of primary amides is 1. The highest BCUT2D eigenvalue weighted by atomic mass is 35.5. The van der Waals surface area contributed by atoms with E-state index in [1.165, 1.54) is 69.3 Å². The molecule has 1 unspecified atom stereocenters. The number of benzene rings is 1. The van der Waals surface area contributed by atoms with Crippen molar-refractivity contribution in [3.05, 3.63) is 113 Å². The van der Waals surface area contributed by atoms with Crippen LogP contribution in [0.5, 0.6) is 0 Å². The second kappa shape index (κ2) is 12.0. The number of carbonyl (C=O) groups excluding carboxylic acids is 1. The van der Waals surface area contributed by atoms with Crippen LogP contribution in [-0.4, -0.2) is 50.7 Å². The molecule has 0 aliphatic heterocycles. The van der Waals surface area contributed by atoms with E-state index in [1.54, 1.807) is 6.07 Å². The molecular formula is C28H20ClF4N11O2. The van der Waals surface area contributed by atoms with Crippen molar-refractivity contribution in [1.82, 2.24) is 44.8 Å². The van der Waals surface area contributed by atoms with Crippen molar-refractivity contribution in [2.75, 3.05) is 0 Å². The van der Waals surface area contributed by atoms with Gasteiger partial charge >= 0.3 is 6.18 Å². The van der Waals surface area contributed by atoms with Crippen LogP contribution in [0.1, 0.15) is 23.1 Å². The molecule has 0 aliphatic carbocycles. The molecule has 6 rings (SSSR count). The van der Waals surface area contributed by atoms with Gasteiger partial charge in [-0.25, -0.2) is 4.39 Å². The number of nitrogens with zero attached hydrogens (tertiary/aromatic N) is 10. The zero-order chi connectivity index (χ0) is 32.6. The van der Waals surface area contributed by atoms with Crippen molar-refractivity contribution in [2.24, 2.45) is 5.73 Å². The number of tetrazole rings is 1. The minimum atomic E-state index is -4.66. The molecule has 0 spiro atoms. The van der Waals surface area contributed by atoms with Crippen molar-refractivity contribution in [2.45, 2.75) is 25.2 Å². The second-order valence-electron chi connectivity index (χ2n) is 9.98. The van der Waals surface area contributed by atoms with Crippen LogP contribution in [0.3, 0.4) is 0 Å². The summed E-state index contributed by atoms with van der Waals surface area (Å²) < 4.78 is 59.9.